The Balaban J connectivity index is 2.13. The molecule has 0 bridgehead atoms. The first-order chi connectivity index (χ1) is 5.79. The zero-order chi connectivity index (χ0) is 8.55. The Hall–Kier alpha value is -0.340. The van der Waals surface area contributed by atoms with Crippen LogP contribution in [-0.4, -0.2) is 0 Å². The highest BCUT2D eigenvalue weighted by Crippen LogP contribution is 2.37. The molecule has 1 fully saturated rings. The molecule has 1 aromatic rings. The molecule has 0 saturated heterocycles. The normalized spacial score (nSPS) is 20.5. The van der Waals surface area contributed by atoms with E-state index in [0.717, 1.165) is 5.92 Å². The van der Waals surface area contributed by atoms with Gasteiger partial charge in [0.1, 0.15) is 0 Å². The third-order valence-corrected chi connectivity index (χ3v) is 3.79. The second-order valence-electron chi connectivity index (χ2n) is 3.73. The van der Waals surface area contributed by atoms with E-state index < -0.39 is 0 Å². The van der Waals surface area contributed by atoms with Gasteiger partial charge in [-0.05, 0) is 47.6 Å². The maximum Gasteiger partial charge on any atom is 0.0334 e. The molecule has 0 spiro atoms. The summed E-state index contributed by atoms with van der Waals surface area (Å²) in [5, 5.41) is 4.40. The molecule has 1 nitrogen and oxygen atoms in total. The summed E-state index contributed by atoms with van der Waals surface area (Å²) >= 11 is 1.77. The summed E-state index contributed by atoms with van der Waals surface area (Å²) in [6.07, 6.45) is 4.04. The molecular weight excluding hydrogens is 166 g/mol. The molecule has 66 valence electrons. The number of hydrogen-bond acceptors (Lipinski definition) is 2. The number of rotatable bonds is 2. The van der Waals surface area contributed by atoms with Crippen LogP contribution in [0.15, 0.2) is 10.8 Å². The maximum atomic E-state index is 6.15. The van der Waals surface area contributed by atoms with Crippen molar-refractivity contribution in [2.24, 2.45) is 11.7 Å². The van der Waals surface area contributed by atoms with Crippen LogP contribution in [0.5, 0.6) is 0 Å². The van der Waals surface area contributed by atoms with Gasteiger partial charge in [-0.25, -0.2) is 0 Å². The molecule has 2 N–H and O–H groups in total. The van der Waals surface area contributed by atoms with Crippen LogP contribution in [0.4, 0.5) is 0 Å². The first kappa shape index (κ1) is 8.27. The minimum absolute atomic E-state index is 0.310. The van der Waals surface area contributed by atoms with Crippen LogP contribution < -0.4 is 5.73 Å². The van der Waals surface area contributed by atoms with Gasteiger partial charge >= 0.3 is 0 Å². The third-order valence-electron chi connectivity index (χ3n) is 2.91. The first-order valence-electron chi connectivity index (χ1n) is 4.57. The molecule has 1 heterocycles. The van der Waals surface area contributed by atoms with E-state index in [1.54, 1.807) is 11.3 Å². The predicted octanol–water partition coefficient (Wildman–Crippen LogP) is 2.86. The molecule has 1 aliphatic rings. The Morgan fingerprint density at radius 3 is 2.67 bits per heavy atom. The fraction of sp³-hybridized carbons (Fsp3) is 0.600. The molecule has 1 aromatic heterocycles. The number of thiophene rings is 1. The minimum atomic E-state index is 0.310. The molecule has 0 aliphatic heterocycles. The predicted molar refractivity (Wildman–Crippen MR) is 53.3 cm³/mol. The van der Waals surface area contributed by atoms with E-state index in [1.807, 2.05) is 0 Å². The van der Waals surface area contributed by atoms with Crippen molar-refractivity contribution < 1.29 is 0 Å². The van der Waals surface area contributed by atoms with Crippen LogP contribution in [0, 0.1) is 12.8 Å². The number of nitrogens with two attached hydrogens (primary N) is 1. The van der Waals surface area contributed by atoms with Crippen molar-refractivity contribution >= 4 is 11.3 Å². The third kappa shape index (κ3) is 1.29. The SMILES string of the molecule is Cc1cscc1C(N)C1CCC1. The summed E-state index contributed by atoms with van der Waals surface area (Å²) in [6, 6.07) is 0.310. The highest BCUT2D eigenvalue weighted by atomic mass is 32.1. The molecule has 0 radical (unpaired) electrons. The van der Waals surface area contributed by atoms with Gasteiger partial charge in [0, 0.05) is 6.04 Å². The van der Waals surface area contributed by atoms with Crippen molar-refractivity contribution in [1.82, 2.24) is 0 Å². The lowest BCUT2D eigenvalue weighted by Gasteiger charge is -2.31. The average Bonchev–Trinajstić information content (AvgIpc) is 2.31. The molecule has 2 rings (SSSR count). The number of hydrogen-bond donors (Lipinski definition) is 1. The lowest BCUT2D eigenvalue weighted by Crippen LogP contribution is -2.26. The zero-order valence-corrected chi connectivity index (χ0v) is 8.23. The van der Waals surface area contributed by atoms with Crippen LogP contribution in [0.1, 0.15) is 36.4 Å². The summed E-state index contributed by atoms with van der Waals surface area (Å²) in [4.78, 5) is 0. The monoisotopic (exact) mass is 181 g/mol. The van der Waals surface area contributed by atoms with Crippen LogP contribution in [-0.2, 0) is 0 Å². The lowest BCUT2D eigenvalue weighted by molar-refractivity contribution is 0.264. The van der Waals surface area contributed by atoms with E-state index in [4.69, 9.17) is 5.73 Å². The van der Waals surface area contributed by atoms with E-state index in [-0.39, 0.29) is 0 Å². The van der Waals surface area contributed by atoms with Gasteiger partial charge in [-0.15, -0.1) is 0 Å². The van der Waals surface area contributed by atoms with Crippen molar-refractivity contribution in [3.63, 3.8) is 0 Å². The Morgan fingerprint density at radius 1 is 1.50 bits per heavy atom. The van der Waals surface area contributed by atoms with Crippen molar-refractivity contribution in [2.75, 3.05) is 0 Å². The van der Waals surface area contributed by atoms with E-state index in [2.05, 4.69) is 17.7 Å². The average molecular weight is 181 g/mol. The van der Waals surface area contributed by atoms with E-state index in [9.17, 15) is 0 Å². The highest BCUT2D eigenvalue weighted by Gasteiger charge is 2.26. The van der Waals surface area contributed by atoms with Crippen molar-refractivity contribution in [3.05, 3.63) is 21.9 Å². The van der Waals surface area contributed by atoms with Gasteiger partial charge in [-0.1, -0.05) is 6.42 Å². The summed E-state index contributed by atoms with van der Waals surface area (Å²) in [6.45, 7) is 2.16. The molecule has 1 atom stereocenters. The second kappa shape index (κ2) is 3.19. The summed E-state index contributed by atoms with van der Waals surface area (Å²) in [5.74, 6) is 0.762. The molecular formula is C10H15NS. The maximum absolute atomic E-state index is 6.15. The van der Waals surface area contributed by atoms with Gasteiger partial charge in [0.15, 0.2) is 0 Å². The van der Waals surface area contributed by atoms with Crippen molar-refractivity contribution in [1.29, 1.82) is 0 Å². The van der Waals surface area contributed by atoms with Gasteiger partial charge in [0.05, 0.1) is 0 Å². The zero-order valence-electron chi connectivity index (χ0n) is 7.42. The summed E-state index contributed by atoms with van der Waals surface area (Å²) in [7, 11) is 0. The molecule has 0 amide bonds. The largest absolute Gasteiger partial charge is 0.324 e. The lowest BCUT2D eigenvalue weighted by atomic mass is 9.77. The summed E-state index contributed by atoms with van der Waals surface area (Å²) in [5.41, 5.74) is 8.91. The molecule has 1 aliphatic carbocycles. The van der Waals surface area contributed by atoms with Gasteiger partial charge in [0.25, 0.3) is 0 Å². The van der Waals surface area contributed by atoms with Crippen molar-refractivity contribution in [3.8, 4) is 0 Å². The van der Waals surface area contributed by atoms with E-state index in [0.29, 0.717) is 6.04 Å². The van der Waals surface area contributed by atoms with Gasteiger partial charge in [0.2, 0.25) is 0 Å². The van der Waals surface area contributed by atoms with Crippen LogP contribution in [0.25, 0.3) is 0 Å². The Bertz CT molecular complexity index is 263. The second-order valence-corrected chi connectivity index (χ2v) is 4.47. The highest BCUT2D eigenvalue weighted by molar-refractivity contribution is 7.08. The molecule has 12 heavy (non-hydrogen) atoms. The molecule has 1 saturated carbocycles. The minimum Gasteiger partial charge on any atom is -0.324 e. The first-order valence-corrected chi connectivity index (χ1v) is 5.51. The van der Waals surface area contributed by atoms with E-state index >= 15 is 0 Å². The fourth-order valence-corrected chi connectivity index (χ4v) is 2.66. The smallest absolute Gasteiger partial charge is 0.0334 e. The standard InChI is InChI=1S/C10H15NS/c1-7-5-12-6-9(7)10(11)8-3-2-4-8/h5-6,8,10H,2-4,11H2,1H3. The van der Waals surface area contributed by atoms with Gasteiger partial charge in [-0.3, -0.25) is 0 Å². The van der Waals surface area contributed by atoms with Crippen LogP contribution in [0.3, 0.4) is 0 Å². The molecule has 0 aromatic carbocycles. The quantitative estimate of drug-likeness (QED) is 0.746. The van der Waals surface area contributed by atoms with Crippen LogP contribution in [0.2, 0.25) is 0 Å². The van der Waals surface area contributed by atoms with E-state index in [1.165, 1.54) is 30.4 Å². The Labute approximate surface area is 77.6 Å². The molecule has 2 heteroatoms. The Kier molecular flexibility index (Phi) is 2.20. The van der Waals surface area contributed by atoms with Crippen molar-refractivity contribution in [2.45, 2.75) is 32.2 Å². The molecule has 1 unspecified atom stereocenters. The fourth-order valence-electron chi connectivity index (χ4n) is 1.76. The summed E-state index contributed by atoms with van der Waals surface area (Å²) < 4.78 is 0. The van der Waals surface area contributed by atoms with Gasteiger partial charge in [-0.2, -0.15) is 11.3 Å². The Morgan fingerprint density at radius 2 is 2.25 bits per heavy atom. The number of aryl methyl sites for hydroxylation is 1. The van der Waals surface area contributed by atoms with Crippen LogP contribution >= 0.6 is 11.3 Å². The van der Waals surface area contributed by atoms with Gasteiger partial charge < -0.3 is 5.73 Å². The topological polar surface area (TPSA) is 26.0 Å².